The highest BCUT2D eigenvalue weighted by molar-refractivity contribution is 7.49. The van der Waals surface area contributed by atoms with Crippen molar-refractivity contribution in [1.82, 2.24) is 0 Å². The minimum absolute atomic E-state index is 0. The predicted octanol–water partition coefficient (Wildman–Crippen LogP) is 8.36. The van der Waals surface area contributed by atoms with Gasteiger partial charge in [0.05, 0.1) is 10.5 Å². The Morgan fingerprint density at radius 1 is 0.571 bits per heavy atom. The Kier molecular flexibility index (Phi) is 23.8. The molecule has 0 aliphatic heterocycles. The van der Waals surface area contributed by atoms with Crippen LogP contribution in [0.5, 0.6) is 0 Å². The third-order valence-corrected chi connectivity index (χ3v) is 9.93. The lowest BCUT2D eigenvalue weighted by Gasteiger charge is -2.30. The second kappa shape index (κ2) is 24.0. The van der Waals surface area contributed by atoms with Gasteiger partial charge in [-0.25, -0.2) is 0 Å². The zero-order valence-electron chi connectivity index (χ0n) is 23.9. The lowest BCUT2D eigenvalue weighted by atomic mass is 9.88. The second-order valence-electron chi connectivity index (χ2n) is 10.9. The summed E-state index contributed by atoms with van der Waals surface area (Å²) in [6, 6.07) is 9.43. The van der Waals surface area contributed by atoms with Crippen LogP contribution in [0.15, 0.2) is 30.8 Å². The van der Waals surface area contributed by atoms with Gasteiger partial charge in [0.15, 0.2) is 0 Å². The van der Waals surface area contributed by atoms with Crippen LogP contribution in [-0.4, -0.2) is 5.16 Å². The molecule has 0 fully saturated rings. The molecule has 0 saturated heterocycles. The summed E-state index contributed by atoms with van der Waals surface area (Å²) >= 11 is 0. The first-order chi connectivity index (χ1) is 16.7. The van der Waals surface area contributed by atoms with Crippen molar-refractivity contribution < 1.29 is 12.4 Å². The number of rotatable bonds is 24. The normalized spacial score (nSPS) is 11.7. The van der Waals surface area contributed by atoms with Crippen LogP contribution in [0, 0.1) is 0 Å². The first-order valence-electron chi connectivity index (χ1n) is 15.3. The zero-order valence-corrected chi connectivity index (χ0v) is 25.8. The van der Waals surface area contributed by atoms with Crippen molar-refractivity contribution in [3.8, 4) is 0 Å². The Hall–Kier alpha value is -0.320. The molecule has 1 unspecified atom stereocenters. The molecule has 0 amide bonds. The van der Waals surface area contributed by atoms with Gasteiger partial charge in [0.2, 0.25) is 0 Å². The van der Waals surface area contributed by atoms with Gasteiger partial charge in [-0.15, -0.1) is 0 Å². The SMILES string of the molecule is C=Cc1ccc([PH2+]C(CCCCCCCC)(CCCCCCCC)CCCCCCCC)cc1.[Cl-]. The Balaban J connectivity index is 0.0000116. The van der Waals surface area contributed by atoms with E-state index in [9.17, 15) is 0 Å². The predicted molar refractivity (Wildman–Crippen MR) is 163 cm³/mol. The lowest BCUT2D eigenvalue weighted by molar-refractivity contribution is -0.00000740. The molecule has 0 saturated carbocycles. The topological polar surface area (TPSA) is 0 Å². The van der Waals surface area contributed by atoms with Gasteiger partial charge in [0.25, 0.3) is 0 Å². The van der Waals surface area contributed by atoms with E-state index in [-0.39, 0.29) is 12.4 Å². The molecule has 0 aromatic heterocycles. The molecule has 204 valence electrons. The first-order valence-corrected chi connectivity index (χ1v) is 16.4. The van der Waals surface area contributed by atoms with Gasteiger partial charge >= 0.3 is 0 Å². The van der Waals surface area contributed by atoms with Gasteiger partial charge in [-0.3, -0.25) is 0 Å². The number of hydrogen-bond acceptors (Lipinski definition) is 0. The molecule has 0 nitrogen and oxygen atoms in total. The molecule has 0 aliphatic carbocycles. The fraction of sp³-hybridized carbons (Fsp3) is 0.758. The number of benzene rings is 1. The van der Waals surface area contributed by atoms with Crippen LogP contribution in [0.25, 0.3) is 6.08 Å². The average Bonchev–Trinajstić information content (AvgIpc) is 2.86. The Morgan fingerprint density at radius 3 is 1.26 bits per heavy atom. The quantitative estimate of drug-likeness (QED) is 0.0944. The standard InChI is InChI=1S/C33H59P.ClH/c1-5-9-12-15-18-21-28-33(29-22-19-16-13-10-6-2,30-23-20-17-14-11-7-3)34-32-26-24-31(8-4)25-27-32;/h8,24-27,34H,4-7,9-23,28-30H2,1-3H3;1H. The molecule has 1 atom stereocenters. The van der Waals surface area contributed by atoms with Crippen molar-refractivity contribution in [3.63, 3.8) is 0 Å². The molecule has 0 N–H and O–H groups in total. The highest BCUT2D eigenvalue weighted by Gasteiger charge is 2.35. The number of hydrogen-bond donors (Lipinski definition) is 0. The van der Waals surface area contributed by atoms with Gasteiger partial charge < -0.3 is 12.4 Å². The summed E-state index contributed by atoms with van der Waals surface area (Å²) < 4.78 is 0. The van der Waals surface area contributed by atoms with Crippen LogP contribution in [0.4, 0.5) is 0 Å². The molecule has 1 aromatic carbocycles. The summed E-state index contributed by atoms with van der Waals surface area (Å²) in [4.78, 5) is 0. The fourth-order valence-electron chi connectivity index (χ4n) is 5.45. The summed E-state index contributed by atoms with van der Waals surface area (Å²) in [5, 5.41) is 2.23. The molecule has 0 radical (unpaired) electrons. The van der Waals surface area contributed by atoms with Gasteiger partial charge in [-0.05, 0) is 56.2 Å². The second-order valence-corrected chi connectivity index (χ2v) is 13.1. The average molecular weight is 523 g/mol. The van der Waals surface area contributed by atoms with E-state index in [1.54, 1.807) is 5.30 Å². The van der Waals surface area contributed by atoms with Gasteiger partial charge in [0.1, 0.15) is 0 Å². The van der Waals surface area contributed by atoms with Gasteiger partial charge in [0, 0.05) is 8.58 Å². The van der Waals surface area contributed by atoms with E-state index in [4.69, 9.17) is 0 Å². The Labute approximate surface area is 229 Å². The molecular weight excluding hydrogens is 463 g/mol. The summed E-state index contributed by atoms with van der Waals surface area (Å²) in [6.45, 7) is 10.9. The van der Waals surface area contributed by atoms with Crippen LogP contribution >= 0.6 is 8.58 Å². The minimum Gasteiger partial charge on any atom is -1.00 e. The number of unbranched alkanes of at least 4 members (excludes halogenated alkanes) is 15. The molecular formula is C33H60ClP. The number of halogens is 1. The van der Waals surface area contributed by atoms with E-state index < -0.39 is 0 Å². The third-order valence-electron chi connectivity index (χ3n) is 7.73. The van der Waals surface area contributed by atoms with Crippen LogP contribution in [-0.2, 0) is 0 Å². The summed E-state index contributed by atoms with van der Waals surface area (Å²) in [5.74, 6) is 0. The van der Waals surface area contributed by atoms with Crippen LogP contribution in [0.1, 0.15) is 161 Å². The molecule has 1 aromatic rings. The zero-order chi connectivity index (χ0) is 24.7. The maximum absolute atomic E-state index is 3.96. The van der Waals surface area contributed by atoms with Crippen molar-refractivity contribution >= 4 is 20.0 Å². The summed E-state index contributed by atoms with van der Waals surface area (Å²) in [7, 11) is 0.336. The van der Waals surface area contributed by atoms with E-state index in [2.05, 4.69) is 51.6 Å². The van der Waals surface area contributed by atoms with Crippen molar-refractivity contribution in [2.24, 2.45) is 0 Å². The minimum atomic E-state index is 0. The largest absolute Gasteiger partial charge is 1.00 e. The maximum Gasteiger partial charge on any atom is 0.0896 e. The van der Waals surface area contributed by atoms with E-state index in [1.165, 1.54) is 140 Å². The highest BCUT2D eigenvalue weighted by Crippen LogP contribution is 2.45. The molecule has 35 heavy (non-hydrogen) atoms. The van der Waals surface area contributed by atoms with Crippen molar-refractivity contribution in [3.05, 3.63) is 36.4 Å². The van der Waals surface area contributed by atoms with E-state index in [0.717, 1.165) is 0 Å². The third kappa shape index (κ3) is 17.7. The summed E-state index contributed by atoms with van der Waals surface area (Å²) in [5.41, 5.74) is 1.26. The van der Waals surface area contributed by atoms with Crippen molar-refractivity contribution in [2.45, 2.75) is 161 Å². The van der Waals surface area contributed by atoms with Gasteiger partial charge in [-0.1, -0.05) is 142 Å². The van der Waals surface area contributed by atoms with Crippen molar-refractivity contribution in [1.29, 1.82) is 0 Å². The van der Waals surface area contributed by atoms with Crippen LogP contribution in [0.3, 0.4) is 0 Å². The fourth-order valence-corrected chi connectivity index (χ4v) is 7.58. The Morgan fingerprint density at radius 2 is 0.914 bits per heavy atom. The molecule has 1 rings (SSSR count). The first kappa shape index (κ1) is 34.7. The van der Waals surface area contributed by atoms with E-state index in [1.807, 2.05) is 6.08 Å². The van der Waals surface area contributed by atoms with E-state index >= 15 is 0 Å². The molecule has 0 bridgehead atoms. The molecule has 2 heteroatoms. The monoisotopic (exact) mass is 522 g/mol. The molecule has 0 spiro atoms. The van der Waals surface area contributed by atoms with Gasteiger partial charge in [-0.2, -0.15) is 0 Å². The molecule has 0 heterocycles. The Bertz CT molecular complexity index is 538. The summed E-state index contributed by atoms with van der Waals surface area (Å²) in [6.07, 6.45) is 32.1. The maximum atomic E-state index is 3.96. The van der Waals surface area contributed by atoms with Crippen molar-refractivity contribution in [2.75, 3.05) is 0 Å². The smallest absolute Gasteiger partial charge is 0.0896 e. The van der Waals surface area contributed by atoms with Crippen LogP contribution in [0.2, 0.25) is 0 Å². The lowest BCUT2D eigenvalue weighted by Crippen LogP contribution is -3.00. The van der Waals surface area contributed by atoms with E-state index in [0.29, 0.717) is 13.7 Å². The highest BCUT2D eigenvalue weighted by atomic mass is 35.5. The van der Waals surface area contributed by atoms with Crippen LogP contribution < -0.4 is 17.7 Å². The molecule has 0 aliphatic rings.